The van der Waals surface area contributed by atoms with E-state index in [9.17, 15) is 0 Å². The second kappa shape index (κ2) is 6.59. The molecule has 0 saturated carbocycles. The molecule has 0 saturated heterocycles. The van der Waals surface area contributed by atoms with Crippen LogP contribution in [0.25, 0.3) is 0 Å². The molecule has 1 rings (SSSR count). The Morgan fingerprint density at radius 1 is 1.25 bits per heavy atom. The molecule has 0 aliphatic rings. The van der Waals surface area contributed by atoms with Crippen molar-refractivity contribution < 1.29 is 0 Å². The van der Waals surface area contributed by atoms with E-state index in [0.29, 0.717) is 12.0 Å². The van der Waals surface area contributed by atoms with Crippen LogP contribution in [0.1, 0.15) is 50.9 Å². The van der Waals surface area contributed by atoms with Crippen LogP contribution in [0, 0.1) is 6.92 Å². The van der Waals surface area contributed by atoms with Crippen molar-refractivity contribution in [3.05, 3.63) is 23.5 Å². The minimum absolute atomic E-state index is 0.421. The van der Waals surface area contributed by atoms with E-state index in [0.717, 1.165) is 24.4 Å². The van der Waals surface area contributed by atoms with E-state index in [4.69, 9.17) is 0 Å². The monoisotopic (exact) mass is 221 g/mol. The molecule has 0 aliphatic heterocycles. The van der Waals surface area contributed by atoms with Crippen LogP contribution >= 0.6 is 0 Å². The molecule has 1 aromatic rings. The molecule has 1 N–H and O–H groups in total. The fraction of sp³-hybridized carbons (Fsp3) is 0.692. The number of rotatable bonds is 6. The highest BCUT2D eigenvalue weighted by atomic mass is 15.1. The van der Waals surface area contributed by atoms with Gasteiger partial charge in [0.05, 0.1) is 11.4 Å². The first-order chi connectivity index (χ1) is 7.69. The Kier molecular flexibility index (Phi) is 5.39. The van der Waals surface area contributed by atoms with Gasteiger partial charge in [0.1, 0.15) is 0 Å². The van der Waals surface area contributed by atoms with Crippen molar-refractivity contribution in [2.45, 2.75) is 52.5 Å². The topological polar surface area (TPSA) is 37.8 Å². The predicted molar refractivity (Wildman–Crippen MR) is 67.6 cm³/mol. The second-order valence-corrected chi connectivity index (χ2v) is 4.36. The molecule has 0 spiro atoms. The van der Waals surface area contributed by atoms with Crippen molar-refractivity contribution in [3.8, 4) is 0 Å². The van der Waals surface area contributed by atoms with Gasteiger partial charge in [0, 0.05) is 12.0 Å². The van der Waals surface area contributed by atoms with E-state index in [-0.39, 0.29) is 0 Å². The summed E-state index contributed by atoms with van der Waals surface area (Å²) in [5, 5.41) is 11.9. The summed E-state index contributed by atoms with van der Waals surface area (Å²) in [5.74, 6) is 0.421. The van der Waals surface area contributed by atoms with Crippen molar-refractivity contribution >= 4 is 0 Å². The first kappa shape index (κ1) is 13.1. The lowest BCUT2D eigenvalue weighted by molar-refractivity contribution is 0.430. The number of nitrogens with zero attached hydrogens (tertiary/aromatic N) is 2. The van der Waals surface area contributed by atoms with Gasteiger partial charge >= 0.3 is 0 Å². The van der Waals surface area contributed by atoms with Crippen molar-refractivity contribution in [2.75, 3.05) is 6.54 Å². The third kappa shape index (κ3) is 3.56. The summed E-state index contributed by atoms with van der Waals surface area (Å²) >= 11 is 0. The SMILES string of the molecule is CCCNC(CC)C(C)c1ccc(C)nn1. The molecule has 0 aliphatic carbocycles. The molecule has 3 nitrogen and oxygen atoms in total. The summed E-state index contributed by atoms with van der Waals surface area (Å²) in [4.78, 5) is 0. The molecule has 0 amide bonds. The molecule has 0 radical (unpaired) electrons. The van der Waals surface area contributed by atoms with Gasteiger partial charge in [-0.3, -0.25) is 0 Å². The van der Waals surface area contributed by atoms with Crippen LogP contribution in [-0.4, -0.2) is 22.8 Å². The van der Waals surface area contributed by atoms with Crippen molar-refractivity contribution in [1.82, 2.24) is 15.5 Å². The van der Waals surface area contributed by atoms with Crippen LogP contribution in [0.4, 0.5) is 0 Å². The van der Waals surface area contributed by atoms with Gasteiger partial charge in [-0.1, -0.05) is 20.8 Å². The zero-order valence-electron chi connectivity index (χ0n) is 10.8. The number of hydrogen-bond acceptors (Lipinski definition) is 3. The van der Waals surface area contributed by atoms with Crippen LogP contribution < -0.4 is 5.32 Å². The zero-order chi connectivity index (χ0) is 12.0. The van der Waals surface area contributed by atoms with Crippen LogP contribution in [-0.2, 0) is 0 Å². The maximum absolute atomic E-state index is 4.27. The highest BCUT2D eigenvalue weighted by Crippen LogP contribution is 2.18. The molecule has 1 aromatic heterocycles. The van der Waals surface area contributed by atoms with Crippen LogP contribution in [0.3, 0.4) is 0 Å². The fourth-order valence-corrected chi connectivity index (χ4v) is 1.86. The molecule has 3 heteroatoms. The second-order valence-electron chi connectivity index (χ2n) is 4.36. The van der Waals surface area contributed by atoms with Crippen molar-refractivity contribution in [2.24, 2.45) is 0 Å². The van der Waals surface area contributed by atoms with E-state index in [1.807, 2.05) is 13.0 Å². The highest BCUT2D eigenvalue weighted by Gasteiger charge is 2.17. The predicted octanol–water partition coefficient (Wildman–Crippen LogP) is 2.67. The molecule has 2 unspecified atom stereocenters. The Bertz CT molecular complexity index is 295. The lowest BCUT2D eigenvalue weighted by atomic mass is 9.95. The minimum Gasteiger partial charge on any atom is -0.313 e. The maximum atomic E-state index is 4.27. The molecule has 1 heterocycles. The van der Waals surface area contributed by atoms with E-state index in [1.165, 1.54) is 6.42 Å². The largest absolute Gasteiger partial charge is 0.313 e. The summed E-state index contributed by atoms with van der Waals surface area (Å²) in [7, 11) is 0. The summed E-state index contributed by atoms with van der Waals surface area (Å²) in [6, 6.07) is 4.62. The van der Waals surface area contributed by atoms with Gasteiger partial charge in [-0.15, -0.1) is 0 Å². The third-order valence-electron chi connectivity index (χ3n) is 2.98. The van der Waals surface area contributed by atoms with E-state index in [1.54, 1.807) is 0 Å². The fourth-order valence-electron chi connectivity index (χ4n) is 1.86. The van der Waals surface area contributed by atoms with Gasteiger partial charge in [0.25, 0.3) is 0 Å². The van der Waals surface area contributed by atoms with Crippen LogP contribution in [0.2, 0.25) is 0 Å². The number of hydrogen-bond donors (Lipinski definition) is 1. The Labute approximate surface area is 98.7 Å². The molecule has 2 atom stereocenters. The Hall–Kier alpha value is -0.960. The van der Waals surface area contributed by atoms with E-state index < -0.39 is 0 Å². The standard InChI is InChI=1S/C13H23N3/c1-5-9-14-12(6-2)11(4)13-8-7-10(3)15-16-13/h7-8,11-12,14H,5-6,9H2,1-4H3. The average Bonchev–Trinajstić information content (AvgIpc) is 2.30. The summed E-state index contributed by atoms with van der Waals surface area (Å²) in [6.45, 7) is 9.66. The van der Waals surface area contributed by atoms with Gasteiger partial charge < -0.3 is 5.32 Å². The lowest BCUT2D eigenvalue weighted by Crippen LogP contribution is -2.34. The Balaban J connectivity index is 2.66. The molecular formula is C13H23N3. The summed E-state index contributed by atoms with van der Waals surface area (Å²) in [5.41, 5.74) is 2.06. The van der Waals surface area contributed by atoms with Gasteiger partial charge in [0.15, 0.2) is 0 Å². The normalized spacial score (nSPS) is 14.8. The zero-order valence-corrected chi connectivity index (χ0v) is 10.8. The number of nitrogens with one attached hydrogen (secondary N) is 1. The van der Waals surface area contributed by atoms with Crippen LogP contribution in [0.15, 0.2) is 12.1 Å². The quantitative estimate of drug-likeness (QED) is 0.802. The first-order valence-corrected chi connectivity index (χ1v) is 6.22. The van der Waals surface area contributed by atoms with Crippen molar-refractivity contribution in [1.29, 1.82) is 0 Å². The van der Waals surface area contributed by atoms with E-state index >= 15 is 0 Å². The van der Waals surface area contributed by atoms with Gasteiger partial charge in [0.2, 0.25) is 0 Å². The maximum Gasteiger partial charge on any atom is 0.0674 e. The smallest absolute Gasteiger partial charge is 0.0674 e. The summed E-state index contributed by atoms with van der Waals surface area (Å²) < 4.78 is 0. The number of aryl methyl sites for hydroxylation is 1. The lowest BCUT2D eigenvalue weighted by Gasteiger charge is -2.23. The molecular weight excluding hydrogens is 198 g/mol. The summed E-state index contributed by atoms with van der Waals surface area (Å²) in [6.07, 6.45) is 2.29. The Morgan fingerprint density at radius 3 is 2.50 bits per heavy atom. The van der Waals surface area contributed by atoms with Gasteiger partial charge in [-0.05, 0) is 38.4 Å². The first-order valence-electron chi connectivity index (χ1n) is 6.22. The number of aromatic nitrogens is 2. The third-order valence-corrected chi connectivity index (χ3v) is 2.98. The average molecular weight is 221 g/mol. The molecule has 16 heavy (non-hydrogen) atoms. The van der Waals surface area contributed by atoms with Gasteiger partial charge in [-0.2, -0.15) is 10.2 Å². The highest BCUT2D eigenvalue weighted by molar-refractivity contribution is 5.11. The van der Waals surface area contributed by atoms with E-state index in [2.05, 4.69) is 42.4 Å². The van der Waals surface area contributed by atoms with Crippen molar-refractivity contribution in [3.63, 3.8) is 0 Å². The van der Waals surface area contributed by atoms with Gasteiger partial charge in [-0.25, -0.2) is 0 Å². The molecule has 0 bridgehead atoms. The molecule has 90 valence electrons. The Morgan fingerprint density at radius 2 is 2.00 bits per heavy atom. The molecule has 0 fully saturated rings. The van der Waals surface area contributed by atoms with Crippen LogP contribution in [0.5, 0.6) is 0 Å². The minimum atomic E-state index is 0.421. The molecule has 0 aromatic carbocycles.